The molecule has 2 amide bonds. The molecule has 1 spiro atoms. The molecule has 5 nitrogen and oxygen atoms in total. The van der Waals surface area contributed by atoms with Crippen LogP contribution in [0.25, 0.3) is 0 Å². The number of thioether (sulfide) groups is 1. The highest BCUT2D eigenvalue weighted by atomic mass is 32.2. The summed E-state index contributed by atoms with van der Waals surface area (Å²) in [5.41, 5.74) is 0.307. The van der Waals surface area contributed by atoms with Crippen molar-refractivity contribution in [3.05, 3.63) is 23.9 Å². The summed E-state index contributed by atoms with van der Waals surface area (Å²) < 4.78 is 0. The SMILES string of the molecule is CSc1ncccc1C(=O)N1CCC2(CCCN(C3CCCCC3)C2=O)C1. The molecule has 27 heavy (non-hydrogen) atoms. The lowest BCUT2D eigenvalue weighted by Crippen LogP contribution is -2.54. The molecule has 1 atom stereocenters. The van der Waals surface area contributed by atoms with Gasteiger partial charge in [-0.3, -0.25) is 9.59 Å². The number of aromatic nitrogens is 1. The number of carbonyl (C=O) groups is 2. The third-order valence-electron chi connectivity index (χ3n) is 6.62. The molecule has 1 unspecified atom stereocenters. The van der Waals surface area contributed by atoms with Gasteiger partial charge in [0.15, 0.2) is 0 Å². The highest BCUT2D eigenvalue weighted by Gasteiger charge is 2.50. The van der Waals surface area contributed by atoms with Gasteiger partial charge in [-0.05, 0) is 50.5 Å². The van der Waals surface area contributed by atoms with Gasteiger partial charge in [0.05, 0.1) is 11.0 Å². The van der Waals surface area contributed by atoms with Gasteiger partial charge in [-0.1, -0.05) is 19.3 Å². The lowest BCUT2D eigenvalue weighted by Gasteiger charge is -2.44. The zero-order valence-corrected chi connectivity index (χ0v) is 17.0. The van der Waals surface area contributed by atoms with E-state index in [-0.39, 0.29) is 11.3 Å². The Kier molecular flexibility index (Phi) is 5.44. The molecular formula is C21H29N3O2S. The second-order valence-electron chi connectivity index (χ2n) is 8.21. The minimum atomic E-state index is -0.354. The first-order valence-corrected chi connectivity index (χ1v) is 11.5. The molecule has 0 aromatic carbocycles. The number of piperidine rings is 1. The van der Waals surface area contributed by atoms with Crippen LogP contribution in [0.4, 0.5) is 0 Å². The van der Waals surface area contributed by atoms with E-state index in [0.29, 0.717) is 30.6 Å². The number of likely N-dealkylation sites (tertiary alicyclic amines) is 2. The van der Waals surface area contributed by atoms with Gasteiger partial charge in [-0.2, -0.15) is 0 Å². The van der Waals surface area contributed by atoms with Crippen molar-refractivity contribution in [1.29, 1.82) is 0 Å². The van der Waals surface area contributed by atoms with Gasteiger partial charge in [0.2, 0.25) is 5.91 Å². The summed E-state index contributed by atoms with van der Waals surface area (Å²) in [6.07, 6.45) is 12.5. The quantitative estimate of drug-likeness (QED) is 0.744. The molecule has 4 rings (SSSR count). The van der Waals surface area contributed by atoms with Gasteiger partial charge in [0.25, 0.3) is 5.91 Å². The van der Waals surface area contributed by atoms with E-state index in [0.717, 1.165) is 43.7 Å². The van der Waals surface area contributed by atoms with Crippen molar-refractivity contribution in [3.63, 3.8) is 0 Å². The van der Waals surface area contributed by atoms with Crippen LogP contribution in [0.3, 0.4) is 0 Å². The molecule has 0 bridgehead atoms. The average Bonchev–Trinajstić information content (AvgIpc) is 3.15. The molecule has 2 saturated heterocycles. The van der Waals surface area contributed by atoms with E-state index in [1.807, 2.05) is 23.3 Å². The normalized spacial score (nSPS) is 26.8. The van der Waals surface area contributed by atoms with Crippen LogP contribution in [0.2, 0.25) is 0 Å². The Bertz CT molecular complexity index is 719. The maximum atomic E-state index is 13.4. The second-order valence-corrected chi connectivity index (χ2v) is 9.01. The van der Waals surface area contributed by atoms with Crippen molar-refractivity contribution in [1.82, 2.24) is 14.8 Å². The monoisotopic (exact) mass is 387 g/mol. The van der Waals surface area contributed by atoms with Crippen LogP contribution < -0.4 is 0 Å². The van der Waals surface area contributed by atoms with E-state index in [2.05, 4.69) is 9.88 Å². The molecule has 6 heteroatoms. The number of amides is 2. The first kappa shape index (κ1) is 18.8. The molecule has 2 aliphatic heterocycles. The molecule has 1 saturated carbocycles. The Morgan fingerprint density at radius 3 is 2.78 bits per heavy atom. The molecule has 0 radical (unpaired) electrons. The molecule has 3 heterocycles. The summed E-state index contributed by atoms with van der Waals surface area (Å²) in [6.45, 7) is 2.14. The predicted octanol–water partition coefficient (Wildman–Crippen LogP) is 3.59. The summed E-state index contributed by atoms with van der Waals surface area (Å²) >= 11 is 1.50. The standard InChI is InChI=1S/C21H29N3O2S/c1-27-18-17(9-5-12-22-18)19(25)23-14-11-21(15-23)10-6-13-24(20(21)26)16-7-3-2-4-8-16/h5,9,12,16H,2-4,6-8,10-11,13-15H2,1H3. The van der Waals surface area contributed by atoms with Crippen molar-refractivity contribution in [2.75, 3.05) is 25.9 Å². The van der Waals surface area contributed by atoms with Crippen molar-refractivity contribution in [3.8, 4) is 0 Å². The van der Waals surface area contributed by atoms with Gasteiger partial charge in [-0.25, -0.2) is 4.98 Å². The summed E-state index contributed by atoms with van der Waals surface area (Å²) in [7, 11) is 0. The summed E-state index contributed by atoms with van der Waals surface area (Å²) in [5.74, 6) is 0.333. The fourth-order valence-corrected chi connectivity index (χ4v) is 5.69. The third-order valence-corrected chi connectivity index (χ3v) is 7.33. The number of rotatable bonds is 3. The van der Waals surface area contributed by atoms with Crippen molar-refractivity contribution in [2.45, 2.75) is 62.4 Å². The van der Waals surface area contributed by atoms with Crippen LogP contribution in [-0.2, 0) is 4.79 Å². The fourth-order valence-electron chi connectivity index (χ4n) is 5.15. The first-order valence-electron chi connectivity index (χ1n) is 10.2. The highest BCUT2D eigenvalue weighted by molar-refractivity contribution is 7.98. The second kappa shape index (κ2) is 7.82. The minimum Gasteiger partial charge on any atom is -0.339 e. The van der Waals surface area contributed by atoms with E-state index in [4.69, 9.17) is 0 Å². The Hall–Kier alpha value is -1.56. The highest BCUT2D eigenvalue weighted by Crippen LogP contribution is 2.42. The van der Waals surface area contributed by atoms with Crippen LogP contribution in [0.5, 0.6) is 0 Å². The van der Waals surface area contributed by atoms with Crippen LogP contribution in [0.15, 0.2) is 23.4 Å². The van der Waals surface area contributed by atoms with Gasteiger partial charge in [0.1, 0.15) is 5.03 Å². The van der Waals surface area contributed by atoms with Crippen molar-refractivity contribution in [2.24, 2.45) is 5.41 Å². The average molecular weight is 388 g/mol. The Morgan fingerprint density at radius 1 is 1.19 bits per heavy atom. The Balaban J connectivity index is 1.50. The zero-order chi connectivity index (χ0) is 18.9. The molecule has 146 valence electrons. The zero-order valence-electron chi connectivity index (χ0n) is 16.2. The van der Waals surface area contributed by atoms with Crippen molar-refractivity contribution >= 4 is 23.6 Å². The first-order chi connectivity index (χ1) is 13.1. The molecule has 1 aromatic rings. The third kappa shape index (κ3) is 3.48. The van der Waals surface area contributed by atoms with Crippen LogP contribution in [0, 0.1) is 5.41 Å². The largest absolute Gasteiger partial charge is 0.339 e. The molecule has 0 N–H and O–H groups in total. The van der Waals surface area contributed by atoms with E-state index in [1.54, 1.807) is 6.20 Å². The van der Waals surface area contributed by atoms with E-state index >= 15 is 0 Å². The fraction of sp³-hybridized carbons (Fsp3) is 0.667. The lowest BCUT2D eigenvalue weighted by atomic mass is 9.77. The Morgan fingerprint density at radius 2 is 2.00 bits per heavy atom. The summed E-state index contributed by atoms with van der Waals surface area (Å²) in [4.78, 5) is 34.9. The number of hydrogen-bond donors (Lipinski definition) is 0. The van der Waals surface area contributed by atoms with Crippen LogP contribution in [-0.4, -0.2) is 58.5 Å². The minimum absolute atomic E-state index is 0.0203. The maximum Gasteiger partial charge on any atom is 0.256 e. The summed E-state index contributed by atoms with van der Waals surface area (Å²) in [5, 5.41) is 0.766. The topological polar surface area (TPSA) is 53.5 Å². The van der Waals surface area contributed by atoms with Crippen LogP contribution >= 0.6 is 11.8 Å². The van der Waals surface area contributed by atoms with Gasteiger partial charge in [-0.15, -0.1) is 11.8 Å². The van der Waals surface area contributed by atoms with Gasteiger partial charge in [0, 0.05) is 31.9 Å². The summed E-state index contributed by atoms with van der Waals surface area (Å²) in [6, 6.07) is 4.09. The van der Waals surface area contributed by atoms with Crippen molar-refractivity contribution < 1.29 is 9.59 Å². The number of hydrogen-bond acceptors (Lipinski definition) is 4. The molecule has 1 aromatic heterocycles. The molecular weight excluding hydrogens is 358 g/mol. The predicted molar refractivity (Wildman–Crippen MR) is 107 cm³/mol. The smallest absolute Gasteiger partial charge is 0.256 e. The molecule has 3 fully saturated rings. The van der Waals surface area contributed by atoms with Gasteiger partial charge < -0.3 is 9.80 Å². The van der Waals surface area contributed by atoms with Crippen LogP contribution in [0.1, 0.15) is 61.7 Å². The van der Waals surface area contributed by atoms with E-state index in [1.165, 1.54) is 31.0 Å². The molecule has 3 aliphatic rings. The van der Waals surface area contributed by atoms with E-state index < -0.39 is 0 Å². The molecule has 1 aliphatic carbocycles. The van der Waals surface area contributed by atoms with Gasteiger partial charge >= 0.3 is 0 Å². The number of nitrogens with zero attached hydrogens (tertiary/aromatic N) is 3. The van der Waals surface area contributed by atoms with E-state index in [9.17, 15) is 9.59 Å². The Labute approximate surface area is 165 Å². The lowest BCUT2D eigenvalue weighted by molar-refractivity contribution is -0.149. The number of pyridine rings is 1. The maximum absolute atomic E-state index is 13.4. The number of carbonyl (C=O) groups excluding carboxylic acids is 2.